The summed E-state index contributed by atoms with van der Waals surface area (Å²) in [5, 5.41) is 9.84. The minimum absolute atomic E-state index is 0.415. The van der Waals surface area contributed by atoms with E-state index in [2.05, 4.69) is 10.3 Å². The Hall–Kier alpha value is -0.650. The summed E-state index contributed by atoms with van der Waals surface area (Å²) in [7, 11) is 0. The fourth-order valence-electron chi connectivity index (χ4n) is 0.346. The molecule has 0 aromatic heterocycles. The molecule has 0 spiro atoms. The molecule has 2 N–H and O–H groups in total. The van der Waals surface area contributed by atoms with Gasteiger partial charge in [0.2, 0.25) is 0 Å². The normalized spacial score (nSPS) is 11.8. The van der Waals surface area contributed by atoms with Gasteiger partial charge in [0.25, 0.3) is 0 Å². The van der Waals surface area contributed by atoms with Gasteiger partial charge in [-0.2, -0.15) is 0 Å². The van der Waals surface area contributed by atoms with E-state index in [0.717, 1.165) is 0 Å². The lowest BCUT2D eigenvalue weighted by Gasteiger charge is -1.83. The predicted molar refractivity (Wildman–Crippen MR) is 57.3 cm³/mol. The lowest BCUT2D eigenvalue weighted by atomic mass is 10.7. The summed E-state index contributed by atoms with van der Waals surface area (Å²) < 4.78 is 0.415. The van der Waals surface area contributed by atoms with E-state index in [4.69, 9.17) is 5.41 Å². The van der Waals surface area contributed by atoms with Crippen molar-refractivity contribution in [2.75, 3.05) is 0 Å². The van der Waals surface area contributed by atoms with Gasteiger partial charge in [-0.15, -0.1) is 0 Å². The smallest absolute Gasteiger partial charge is 0.110 e. The summed E-state index contributed by atoms with van der Waals surface area (Å²) in [6, 6.07) is 0. The molecule has 0 aliphatic heterocycles. The van der Waals surface area contributed by atoms with E-state index in [-0.39, 0.29) is 0 Å². The van der Waals surface area contributed by atoms with E-state index in [0.29, 0.717) is 3.72 Å². The first-order valence-electron chi connectivity index (χ1n) is 3.07. The van der Waals surface area contributed by atoms with Crippen LogP contribution in [0.15, 0.2) is 29.7 Å². The topological polar surface area (TPSA) is 48.2 Å². The third-order valence-electron chi connectivity index (χ3n) is 0.708. The summed E-state index contributed by atoms with van der Waals surface area (Å²) in [4.78, 5) is 3.81. The van der Waals surface area contributed by atoms with Crippen molar-refractivity contribution >= 4 is 32.5 Å². The molecule has 0 aliphatic carbocycles. The number of allylic oxidation sites excluding steroid dienone is 1. The van der Waals surface area contributed by atoms with Crippen molar-refractivity contribution in [3.63, 3.8) is 0 Å². The molecule has 0 bridgehead atoms. The van der Waals surface area contributed by atoms with Gasteiger partial charge in [0.15, 0.2) is 0 Å². The number of rotatable bonds is 4. The van der Waals surface area contributed by atoms with E-state index in [9.17, 15) is 0 Å². The van der Waals surface area contributed by atoms with Crippen LogP contribution in [0.25, 0.3) is 0 Å². The second-order valence-electron chi connectivity index (χ2n) is 1.61. The first-order chi connectivity index (χ1) is 5.27. The largest absolute Gasteiger partial charge is 0.367 e. The summed E-state index contributed by atoms with van der Waals surface area (Å²) in [6.45, 7) is 1.92. The maximum Gasteiger partial charge on any atom is 0.110 e. The van der Waals surface area contributed by atoms with E-state index < -0.39 is 0 Å². The maximum absolute atomic E-state index is 6.98. The highest BCUT2D eigenvalue weighted by Gasteiger charge is 1.74. The Labute approximate surface area is 79.9 Å². The van der Waals surface area contributed by atoms with Crippen molar-refractivity contribution in [1.82, 2.24) is 5.32 Å². The van der Waals surface area contributed by atoms with Crippen LogP contribution in [0.1, 0.15) is 6.92 Å². The van der Waals surface area contributed by atoms with Crippen LogP contribution in [-0.2, 0) is 0 Å². The van der Waals surface area contributed by atoms with Crippen LogP contribution in [0, 0.1) is 5.41 Å². The van der Waals surface area contributed by atoms with Gasteiger partial charge in [-0.1, -0.05) is 6.08 Å². The molecule has 11 heavy (non-hydrogen) atoms. The maximum atomic E-state index is 6.98. The molecule has 0 atom stereocenters. The molecule has 0 saturated carbocycles. The summed E-state index contributed by atoms with van der Waals surface area (Å²) in [5.74, 6) is 0. The third kappa shape index (κ3) is 9.35. The minimum atomic E-state index is 0.415. The van der Waals surface area contributed by atoms with Crippen molar-refractivity contribution in [2.24, 2.45) is 4.99 Å². The molecule has 0 rings (SSSR count). The lowest BCUT2D eigenvalue weighted by molar-refractivity contribution is 1.18. The van der Waals surface area contributed by atoms with Gasteiger partial charge >= 0.3 is 0 Å². The van der Waals surface area contributed by atoms with Gasteiger partial charge < -0.3 is 5.32 Å². The molecule has 60 valence electrons. The average Bonchev–Trinajstić information content (AvgIpc) is 1.96. The average molecular weight is 263 g/mol. The van der Waals surface area contributed by atoms with Gasteiger partial charge in [0.05, 0.1) is 6.21 Å². The number of hydrogen-bond donors (Lipinski definition) is 2. The lowest BCUT2D eigenvalue weighted by Crippen LogP contribution is -1.89. The van der Waals surface area contributed by atoms with Crippen molar-refractivity contribution in [3.05, 3.63) is 24.7 Å². The molecule has 0 fully saturated rings. The van der Waals surface area contributed by atoms with Crippen LogP contribution in [0.3, 0.4) is 0 Å². The quantitative estimate of drug-likeness (QED) is 0.592. The summed E-state index contributed by atoms with van der Waals surface area (Å²) >= 11 is 1.88. The molecule has 0 aromatic carbocycles. The predicted octanol–water partition coefficient (Wildman–Crippen LogP) is 2.06. The van der Waals surface area contributed by atoms with Crippen molar-refractivity contribution in [3.8, 4) is 0 Å². The van der Waals surface area contributed by atoms with Crippen molar-refractivity contribution < 1.29 is 0 Å². The molecule has 0 amide bonds. The van der Waals surface area contributed by atoms with Gasteiger partial charge in [-0.05, 0) is 35.7 Å². The zero-order valence-electron chi connectivity index (χ0n) is 6.21. The fourth-order valence-corrected chi connectivity index (χ4v) is 0.507. The highest BCUT2D eigenvalue weighted by molar-refractivity contribution is 14.1. The van der Waals surface area contributed by atoms with Gasteiger partial charge in [0, 0.05) is 12.4 Å². The molecule has 0 aromatic rings. The van der Waals surface area contributed by atoms with Crippen molar-refractivity contribution in [1.29, 1.82) is 5.41 Å². The van der Waals surface area contributed by atoms with E-state index in [1.54, 1.807) is 18.6 Å². The van der Waals surface area contributed by atoms with Gasteiger partial charge in [-0.25, -0.2) is 0 Å². The Morgan fingerprint density at radius 2 is 2.27 bits per heavy atom. The number of aliphatic imine (C=N–C) groups is 1. The highest BCUT2D eigenvalue weighted by atomic mass is 127. The van der Waals surface area contributed by atoms with E-state index in [1.165, 1.54) is 6.21 Å². The van der Waals surface area contributed by atoms with Crippen LogP contribution < -0.4 is 5.32 Å². The third-order valence-corrected chi connectivity index (χ3v) is 0.986. The molecule has 0 aliphatic rings. The van der Waals surface area contributed by atoms with Crippen LogP contribution >= 0.6 is 22.6 Å². The zero-order valence-corrected chi connectivity index (χ0v) is 8.37. The molecule has 0 radical (unpaired) electrons. The molecule has 3 nitrogen and oxygen atoms in total. The van der Waals surface area contributed by atoms with Crippen LogP contribution in [0.2, 0.25) is 0 Å². The number of nitrogens with one attached hydrogen (secondary N) is 2. The summed E-state index contributed by atoms with van der Waals surface area (Å²) in [6.07, 6.45) is 8.42. The van der Waals surface area contributed by atoms with E-state index in [1.807, 2.05) is 35.6 Å². The van der Waals surface area contributed by atoms with Crippen molar-refractivity contribution in [2.45, 2.75) is 6.92 Å². The molecular weight excluding hydrogens is 253 g/mol. The fraction of sp³-hybridized carbons (Fsp3) is 0.143. The number of halogens is 1. The second kappa shape index (κ2) is 7.46. The molecule has 0 saturated heterocycles. The number of hydrogen-bond acceptors (Lipinski definition) is 3. The monoisotopic (exact) mass is 263 g/mol. The van der Waals surface area contributed by atoms with Crippen LogP contribution in [0.5, 0.6) is 0 Å². The van der Waals surface area contributed by atoms with Crippen LogP contribution in [-0.4, -0.2) is 9.93 Å². The Morgan fingerprint density at radius 1 is 1.55 bits per heavy atom. The minimum Gasteiger partial charge on any atom is -0.367 e. The van der Waals surface area contributed by atoms with E-state index >= 15 is 0 Å². The van der Waals surface area contributed by atoms with Gasteiger partial charge in [-0.3, -0.25) is 10.4 Å². The highest BCUT2D eigenvalue weighted by Crippen LogP contribution is 1.81. The Kier molecular flexibility index (Phi) is 7.02. The molecule has 0 heterocycles. The SMILES string of the molecule is C/C=C\N/C=C\N=CC(=N)I. The van der Waals surface area contributed by atoms with Crippen LogP contribution in [0.4, 0.5) is 0 Å². The Balaban J connectivity index is 3.52. The van der Waals surface area contributed by atoms with Gasteiger partial charge in [0.1, 0.15) is 3.72 Å². The first-order valence-corrected chi connectivity index (χ1v) is 4.14. The Bertz CT molecular complexity index is 194. The zero-order chi connectivity index (χ0) is 8.53. The molecule has 4 heteroatoms. The summed E-state index contributed by atoms with van der Waals surface area (Å²) in [5.41, 5.74) is 0. The standard InChI is InChI=1S/C7H10IN3/c1-2-3-10-4-5-11-6-7(8)9/h2-6,9-10H,1H3/b3-2-,5-4-,9-7?,11-6?. The second-order valence-corrected chi connectivity index (χ2v) is 2.77. The first kappa shape index (κ1) is 10.3. The Morgan fingerprint density at radius 3 is 2.82 bits per heavy atom. The molecular formula is C7H10IN3. The number of nitrogens with zero attached hydrogens (tertiary/aromatic N) is 1. The molecule has 0 unspecified atom stereocenters.